The van der Waals surface area contributed by atoms with Crippen LogP contribution in [0.1, 0.15) is 32.6 Å². The van der Waals surface area contributed by atoms with Gasteiger partial charge in [-0.05, 0) is 19.3 Å². The lowest BCUT2D eigenvalue weighted by atomic mass is 10.2. The van der Waals surface area contributed by atoms with Gasteiger partial charge in [-0.2, -0.15) is 0 Å². The van der Waals surface area contributed by atoms with Crippen LogP contribution < -0.4 is 10.6 Å². The second-order valence-corrected chi connectivity index (χ2v) is 6.62. The second-order valence-electron chi connectivity index (χ2n) is 4.19. The largest absolute Gasteiger partial charge is 0.360 e. The highest BCUT2D eigenvalue weighted by Crippen LogP contribution is 2.31. The first kappa shape index (κ1) is 13.6. The minimum absolute atomic E-state index is 0.0144. The average Bonchev–Trinajstić information content (AvgIpc) is 2.72. The Balaban J connectivity index is 1.91. The van der Waals surface area contributed by atoms with Crippen LogP contribution in [0.15, 0.2) is 4.34 Å². The molecule has 1 aromatic rings. The van der Waals surface area contributed by atoms with Crippen LogP contribution in [-0.4, -0.2) is 34.4 Å². The predicted molar refractivity (Wildman–Crippen MR) is 75.2 cm³/mol. The third-order valence-corrected chi connectivity index (χ3v) is 4.89. The molecule has 1 amide bonds. The number of aromatic nitrogens is 2. The number of anilines is 1. The predicted octanol–water partition coefficient (Wildman–Crippen LogP) is 2.12. The van der Waals surface area contributed by atoms with E-state index in [1.165, 1.54) is 23.1 Å². The van der Waals surface area contributed by atoms with Crippen LogP contribution in [0.3, 0.4) is 0 Å². The highest BCUT2D eigenvalue weighted by Gasteiger charge is 2.23. The lowest BCUT2D eigenvalue weighted by Crippen LogP contribution is -2.30. The number of hydrogen-bond acceptors (Lipinski definition) is 6. The van der Waals surface area contributed by atoms with Crippen LogP contribution in [0, 0.1) is 0 Å². The van der Waals surface area contributed by atoms with E-state index in [1.807, 2.05) is 0 Å². The number of carbonyl (C=O) groups is 1. The zero-order valence-electron chi connectivity index (χ0n) is 10.4. The maximum Gasteiger partial charge on any atom is 0.233 e. The molecule has 1 aliphatic heterocycles. The molecule has 100 valence electrons. The molecule has 2 rings (SSSR count). The number of nitrogens with one attached hydrogen (secondary N) is 2. The topological polar surface area (TPSA) is 66.9 Å². The summed E-state index contributed by atoms with van der Waals surface area (Å²) in [4.78, 5) is 11.8. The molecule has 1 saturated heterocycles. The number of amides is 1. The summed E-state index contributed by atoms with van der Waals surface area (Å²) in [6.07, 6.45) is 4.15. The third-order valence-electron chi connectivity index (χ3n) is 2.66. The van der Waals surface area contributed by atoms with Crippen molar-refractivity contribution >= 4 is 34.1 Å². The van der Waals surface area contributed by atoms with E-state index in [4.69, 9.17) is 0 Å². The maximum absolute atomic E-state index is 11.8. The van der Waals surface area contributed by atoms with E-state index in [2.05, 4.69) is 27.8 Å². The van der Waals surface area contributed by atoms with Crippen LogP contribution >= 0.6 is 23.1 Å². The number of carbonyl (C=O) groups excluding carboxylic acids is 1. The standard InChI is InChI=1S/C11H18N4OS2/c1-2-6-13-10-14-15-11(18-10)17-8-5-3-4-7-12-9(8)16/h8H,2-7H2,1H3,(H,12,16)(H,13,14). The summed E-state index contributed by atoms with van der Waals surface area (Å²) in [5.74, 6) is 0.135. The third kappa shape index (κ3) is 3.84. The Bertz CT molecular complexity index is 396. The number of hydrogen-bond donors (Lipinski definition) is 2. The Kier molecular flexibility index (Phi) is 5.25. The Hall–Kier alpha value is -0.820. The Morgan fingerprint density at radius 2 is 2.39 bits per heavy atom. The van der Waals surface area contributed by atoms with E-state index in [9.17, 15) is 4.79 Å². The van der Waals surface area contributed by atoms with E-state index >= 15 is 0 Å². The summed E-state index contributed by atoms with van der Waals surface area (Å²) >= 11 is 3.06. The molecule has 1 fully saturated rings. The molecule has 1 unspecified atom stereocenters. The monoisotopic (exact) mass is 286 g/mol. The molecule has 1 aliphatic rings. The molecular weight excluding hydrogens is 268 g/mol. The Morgan fingerprint density at radius 1 is 1.50 bits per heavy atom. The fourth-order valence-corrected chi connectivity index (χ4v) is 3.79. The van der Waals surface area contributed by atoms with Gasteiger partial charge in [-0.25, -0.2) is 0 Å². The van der Waals surface area contributed by atoms with Gasteiger partial charge in [-0.3, -0.25) is 4.79 Å². The first-order chi connectivity index (χ1) is 8.79. The van der Waals surface area contributed by atoms with Crippen molar-refractivity contribution in [1.29, 1.82) is 0 Å². The van der Waals surface area contributed by atoms with Crippen molar-refractivity contribution in [1.82, 2.24) is 15.5 Å². The van der Waals surface area contributed by atoms with Gasteiger partial charge >= 0.3 is 0 Å². The summed E-state index contributed by atoms with van der Waals surface area (Å²) in [7, 11) is 0. The minimum atomic E-state index is -0.0144. The van der Waals surface area contributed by atoms with E-state index in [1.54, 1.807) is 0 Å². The average molecular weight is 286 g/mol. The molecule has 2 N–H and O–H groups in total. The van der Waals surface area contributed by atoms with Crippen molar-refractivity contribution in [3.05, 3.63) is 0 Å². The van der Waals surface area contributed by atoms with Crippen LogP contribution in [-0.2, 0) is 4.79 Å². The van der Waals surface area contributed by atoms with Gasteiger partial charge < -0.3 is 10.6 Å². The smallest absolute Gasteiger partial charge is 0.233 e. The van der Waals surface area contributed by atoms with Gasteiger partial charge in [0.2, 0.25) is 11.0 Å². The zero-order chi connectivity index (χ0) is 12.8. The normalized spacial score (nSPS) is 20.3. The number of rotatable bonds is 5. The highest BCUT2D eigenvalue weighted by molar-refractivity contribution is 8.02. The molecule has 1 atom stereocenters. The van der Waals surface area contributed by atoms with E-state index < -0.39 is 0 Å². The number of nitrogens with zero attached hydrogens (tertiary/aromatic N) is 2. The van der Waals surface area contributed by atoms with E-state index in [0.717, 1.165) is 48.2 Å². The van der Waals surface area contributed by atoms with Crippen LogP contribution in [0.4, 0.5) is 5.13 Å². The molecule has 0 radical (unpaired) electrons. The lowest BCUT2D eigenvalue weighted by Gasteiger charge is -2.09. The summed E-state index contributed by atoms with van der Waals surface area (Å²) in [5, 5.41) is 15.2. The van der Waals surface area contributed by atoms with Gasteiger partial charge in [-0.15, -0.1) is 10.2 Å². The summed E-state index contributed by atoms with van der Waals surface area (Å²) in [5.41, 5.74) is 0. The first-order valence-corrected chi connectivity index (χ1v) is 8.01. The lowest BCUT2D eigenvalue weighted by molar-refractivity contribution is -0.120. The Morgan fingerprint density at radius 3 is 3.22 bits per heavy atom. The van der Waals surface area contributed by atoms with Gasteiger partial charge in [0.05, 0.1) is 5.25 Å². The Labute approximate surface area is 115 Å². The molecule has 1 aromatic heterocycles. The fourth-order valence-electron chi connectivity index (χ4n) is 1.71. The van der Waals surface area contributed by atoms with E-state index in [-0.39, 0.29) is 11.2 Å². The molecule has 0 aromatic carbocycles. The molecule has 5 nitrogen and oxygen atoms in total. The SMILES string of the molecule is CCCNc1nnc(SC2CCCCNC2=O)s1. The maximum atomic E-state index is 11.8. The molecule has 0 spiro atoms. The summed E-state index contributed by atoms with van der Waals surface area (Å²) in [6.45, 7) is 3.82. The van der Waals surface area contributed by atoms with Crippen molar-refractivity contribution in [3.8, 4) is 0 Å². The van der Waals surface area contributed by atoms with Crippen LogP contribution in [0.5, 0.6) is 0 Å². The summed E-state index contributed by atoms with van der Waals surface area (Å²) < 4.78 is 0.871. The quantitative estimate of drug-likeness (QED) is 0.868. The second kappa shape index (κ2) is 6.94. The molecule has 0 bridgehead atoms. The molecular formula is C11H18N4OS2. The van der Waals surface area contributed by atoms with Crippen LogP contribution in [0.2, 0.25) is 0 Å². The van der Waals surface area contributed by atoms with Gasteiger partial charge in [0.25, 0.3) is 0 Å². The summed E-state index contributed by atoms with van der Waals surface area (Å²) in [6, 6.07) is 0. The van der Waals surface area contributed by atoms with Gasteiger partial charge in [-0.1, -0.05) is 36.4 Å². The number of thioether (sulfide) groups is 1. The van der Waals surface area contributed by atoms with Gasteiger partial charge in [0.15, 0.2) is 4.34 Å². The molecule has 18 heavy (non-hydrogen) atoms. The van der Waals surface area contributed by atoms with Crippen molar-refractivity contribution in [2.45, 2.75) is 42.2 Å². The highest BCUT2D eigenvalue weighted by atomic mass is 32.2. The minimum Gasteiger partial charge on any atom is -0.360 e. The fraction of sp³-hybridized carbons (Fsp3) is 0.727. The zero-order valence-corrected chi connectivity index (χ0v) is 12.1. The molecule has 7 heteroatoms. The van der Waals surface area contributed by atoms with Gasteiger partial charge in [0.1, 0.15) is 0 Å². The van der Waals surface area contributed by atoms with Gasteiger partial charge in [0, 0.05) is 13.1 Å². The van der Waals surface area contributed by atoms with Crippen LogP contribution in [0.25, 0.3) is 0 Å². The van der Waals surface area contributed by atoms with Crippen molar-refractivity contribution in [2.75, 3.05) is 18.4 Å². The molecule has 0 aliphatic carbocycles. The van der Waals surface area contributed by atoms with E-state index in [0.29, 0.717) is 0 Å². The first-order valence-electron chi connectivity index (χ1n) is 6.31. The molecule has 0 saturated carbocycles. The van der Waals surface area contributed by atoms with Crippen molar-refractivity contribution in [3.63, 3.8) is 0 Å². The molecule has 2 heterocycles. The van der Waals surface area contributed by atoms with Crippen molar-refractivity contribution < 1.29 is 4.79 Å². The van der Waals surface area contributed by atoms with Crippen molar-refractivity contribution in [2.24, 2.45) is 0 Å².